The molecular formula is C20H24BBrCl2F2O4. The average Bonchev–Trinajstić information content (AvgIpc) is 2.89. The lowest BCUT2D eigenvalue weighted by Gasteiger charge is -2.32. The van der Waals surface area contributed by atoms with Crippen molar-refractivity contribution in [2.75, 3.05) is 14.2 Å². The molecule has 3 rings (SSSR count). The Bertz CT molecular complexity index is 919. The molecule has 0 amide bonds. The fraction of sp³-hybridized carbons (Fsp3) is 0.400. The van der Waals surface area contributed by atoms with Gasteiger partial charge in [-0.15, -0.1) is 0 Å². The minimum atomic E-state index is -0.627. The van der Waals surface area contributed by atoms with Gasteiger partial charge < -0.3 is 18.8 Å². The van der Waals surface area contributed by atoms with Gasteiger partial charge in [0.05, 0.1) is 29.9 Å². The van der Waals surface area contributed by atoms with Gasteiger partial charge in [-0.1, -0.05) is 29.3 Å². The molecule has 0 saturated carbocycles. The summed E-state index contributed by atoms with van der Waals surface area (Å²) in [6, 6.07) is 5.67. The van der Waals surface area contributed by atoms with Gasteiger partial charge in [0.25, 0.3) is 0 Å². The van der Waals surface area contributed by atoms with Crippen LogP contribution in [0.5, 0.6) is 11.5 Å². The van der Waals surface area contributed by atoms with E-state index in [4.69, 9.17) is 42.0 Å². The molecule has 0 spiro atoms. The van der Waals surface area contributed by atoms with Crippen LogP contribution in [0.1, 0.15) is 29.1 Å². The molecule has 1 heterocycles. The zero-order chi connectivity index (χ0) is 22.9. The first-order valence-electron chi connectivity index (χ1n) is 8.91. The van der Waals surface area contributed by atoms with E-state index in [2.05, 4.69) is 15.9 Å². The molecule has 10 heteroatoms. The van der Waals surface area contributed by atoms with Crippen LogP contribution >= 0.6 is 39.1 Å². The van der Waals surface area contributed by atoms with Gasteiger partial charge >= 0.3 is 7.12 Å². The molecule has 166 valence electrons. The van der Waals surface area contributed by atoms with Crippen LogP contribution in [0.2, 0.25) is 10.0 Å². The van der Waals surface area contributed by atoms with Crippen molar-refractivity contribution in [3.05, 3.63) is 50.4 Å². The summed E-state index contributed by atoms with van der Waals surface area (Å²) in [6.45, 7) is 7.80. The van der Waals surface area contributed by atoms with E-state index < -0.39 is 30.0 Å². The van der Waals surface area contributed by atoms with Gasteiger partial charge in [0.1, 0.15) is 27.4 Å². The van der Waals surface area contributed by atoms with Gasteiger partial charge in [0.2, 0.25) is 0 Å². The standard InChI is InChI=1S/C13H17BClFO3.C7H5BrClFO.H2/c1-12(2)13(3,4)19-14(18-12)8-6-7-9(16)10(15)11(8)17-5;1-11-7-4(8)2-3-5(10)6(7)9;/h6-7H,1-5H3;2-3H,1H3;1H/i;;1+1. The Labute approximate surface area is 195 Å². The molecule has 2 aromatic carbocycles. The van der Waals surface area contributed by atoms with Crippen LogP contribution < -0.4 is 14.9 Å². The number of hydrogen-bond donors (Lipinski definition) is 0. The Morgan fingerprint density at radius 1 is 0.867 bits per heavy atom. The van der Waals surface area contributed by atoms with Crippen LogP contribution in [-0.4, -0.2) is 32.5 Å². The Balaban J connectivity index is 0.000000344. The predicted molar refractivity (Wildman–Crippen MR) is 121 cm³/mol. The number of methoxy groups -OCH3 is 2. The van der Waals surface area contributed by atoms with Crippen LogP contribution in [0.4, 0.5) is 8.78 Å². The van der Waals surface area contributed by atoms with Crippen molar-refractivity contribution in [3.63, 3.8) is 0 Å². The molecule has 0 N–H and O–H groups in total. The second-order valence-corrected chi connectivity index (χ2v) is 9.06. The Kier molecular flexibility index (Phi) is 8.08. The summed E-state index contributed by atoms with van der Waals surface area (Å²) in [7, 11) is 2.25. The quantitative estimate of drug-likeness (QED) is 0.347. The van der Waals surface area contributed by atoms with E-state index in [0.29, 0.717) is 15.7 Å². The summed E-state index contributed by atoms with van der Waals surface area (Å²) in [5.41, 5.74) is -0.347. The topological polar surface area (TPSA) is 36.9 Å². The highest BCUT2D eigenvalue weighted by Gasteiger charge is 2.52. The van der Waals surface area contributed by atoms with Gasteiger partial charge in [-0.2, -0.15) is 0 Å². The zero-order valence-corrected chi connectivity index (χ0v) is 20.5. The second-order valence-electron chi connectivity index (χ2n) is 7.45. The monoisotopic (exact) mass is 527 g/mol. The van der Waals surface area contributed by atoms with E-state index in [1.807, 2.05) is 27.7 Å². The Morgan fingerprint density at radius 2 is 1.30 bits per heavy atom. The van der Waals surface area contributed by atoms with Crippen molar-refractivity contribution >= 4 is 51.7 Å². The lowest BCUT2D eigenvalue weighted by atomic mass is 9.78. The maximum atomic E-state index is 13.4. The first-order chi connectivity index (χ1) is 13.9. The van der Waals surface area contributed by atoms with E-state index in [0.717, 1.165) is 0 Å². The molecule has 4 nitrogen and oxygen atoms in total. The molecule has 30 heavy (non-hydrogen) atoms. The third-order valence-corrected chi connectivity index (χ3v) is 6.33. The Hall–Kier alpha value is -1.06. The minimum absolute atomic E-state index is 0. The highest BCUT2D eigenvalue weighted by Crippen LogP contribution is 2.38. The maximum Gasteiger partial charge on any atom is 0.498 e. The van der Waals surface area contributed by atoms with Gasteiger partial charge in [-0.05, 0) is 61.8 Å². The molecule has 1 fully saturated rings. The van der Waals surface area contributed by atoms with Crippen molar-refractivity contribution in [2.24, 2.45) is 0 Å². The van der Waals surface area contributed by atoms with E-state index in [1.54, 1.807) is 12.1 Å². The summed E-state index contributed by atoms with van der Waals surface area (Å²) < 4.78 is 48.6. The van der Waals surface area contributed by atoms with E-state index in [9.17, 15) is 8.78 Å². The molecule has 0 unspecified atom stereocenters. The summed E-state index contributed by atoms with van der Waals surface area (Å²) in [4.78, 5) is 0. The number of halogens is 5. The highest BCUT2D eigenvalue weighted by molar-refractivity contribution is 9.10. The SMILES string of the molecule is COc1c(B2OC(C)(C)C(C)(C)O2)ccc(F)c1Cl.COc1c(Br)ccc(F)c1Cl.[2HH]. The number of ether oxygens (including phenoxy) is 2. The van der Waals surface area contributed by atoms with Crippen molar-refractivity contribution in [2.45, 2.75) is 38.9 Å². The molecule has 0 atom stereocenters. The summed E-state index contributed by atoms with van der Waals surface area (Å²) in [5, 5.41) is -0.0587. The highest BCUT2D eigenvalue weighted by atomic mass is 79.9. The van der Waals surface area contributed by atoms with Crippen molar-refractivity contribution in [3.8, 4) is 11.5 Å². The fourth-order valence-electron chi connectivity index (χ4n) is 2.61. The minimum Gasteiger partial charge on any atom is -0.495 e. The zero-order valence-electron chi connectivity index (χ0n) is 17.4. The van der Waals surface area contributed by atoms with E-state index in [1.165, 1.54) is 26.4 Å². The molecule has 1 saturated heterocycles. The first-order valence-corrected chi connectivity index (χ1v) is 10.5. The molecule has 0 aliphatic carbocycles. The predicted octanol–water partition coefficient (Wildman–Crippen LogP) is 6.28. The van der Waals surface area contributed by atoms with Crippen LogP contribution in [-0.2, 0) is 9.31 Å². The summed E-state index contributed by atoms with van der Waals surface area (Å²) in [6.07, 6.45) is 0. The van der Waals surface area contributed by atoms with Crippen LogP contribution in [0.3, 0.4) is 0 Å². The van der Waals surface area contributed by atoms with E-state index >= 15 is 0 Å². The average molecular weight is 529 g/mol. The third-order valence-electron chi connectivity index (χ3n) is 5.00. The molecule has 0 bridgehead atoms. The largest absolute Gasteiger partial charge is 0.498 e. The van der Waals surface area contributed by atoms with Crippen molar-refractivity contribution in [1.82, 2.24) is 0 Å². The van der Waals surface area contributed by atoms with Gasteiger partial charge in [0, 0.05) is 6.89 Å². The molecular weight excluding hydrogens is 504 g/mol. The van der Waals surface area contributed by atoms with Crippen molar-refractivity contribution in [1.29, 1.82) is 0 Å². The molecule has 1 aliphatic heterocycles. The number of rotatable bonds is 3. The van der Waals surface area contributed by atoms with E-state index in [-0.39, 0.29) is 17.2 Å². The molecule has 0 aromatic heterocycles. The summed E-state index contributed by atoms with van der Waals surface area (Å²) >= 11 is 14.6. The maximum absolute atomic E-state index is 13.4. The number of hydrogen-bond acceptors (Lipinski definition) is 4. The van der Waals surface area contributed by atoms with Crippen molar-refractivity contribution < 1.29 is 29.0 Å². The van der Waals surface area contributed by atoms with Gasteiger partial charge in [-0.3, -0.25) is 0 Å². The number of benzene rings is 2. The Morgan fingerprint density at radius 3 is 1.73 bits per heavy atom. The van der Waals surface area contributed by atoms with Crippen LogP contribution in [0, 0.1) is 11.6 Å². The smallest absolute Gasteiger partial charge is 0.495 e. The first kappa shape index (κ1) is 25.2. The molecule has 0 radical (unpaired) electrons. The third kappa shape index (κ3) is 5.05. The summed E-state index contributed by atoms with van der Waals surface area (Å²) in [5.74, 6) is -0.433. The van der Waals surface area contributed by atoms with Crippen LogP contribution in [0.25, 0.3) is 0 Å². The normalized spacial score (nSPS) is 16.7. The molecule has 1 aliphatic rings. The lowest BCUT2D eigenvalue weighted by molar-refractivity contribution is 0.00578. The lowest BCUT2D eigenvalue weighted by Crippen LogP contribution is -2.41. The van der Waals surface area contributed by atoms with Gasteiger partial charge in [-0.25, -0.2) is 8.78 Å². The van der Waals surface area contributed by atoms with Gasteiger partial charge in [0.15, 0.2) is 5.75 Å². The second kappa shape index (κ2) is 9.61. The van der Waals surface area contributed by atoms with Crippen LogP contribution in [0.15, 0.2) is 28.7 Å². The fourth-order valence-corrected chi connectivity index (χ4v) is 3.70. The molecule has 2 aromatic rings.